The summed E-state index contributed by atoms with van der Waals surface area (Å²) < 4.78 is 5.25. The van der Waals surface area contributed by atoms with Crippen LogP contribution in [0.2, 0.25) is 0 Å². The van der Waals surface area contributed by atoms with E-state index < -0.39 is 0 Å². The first-order chi connectivity index (χ1) is 13.2. The lowest BCUT2D eigenvalue weighted by Crippen LogP contribution is -2.72. The maximum absolute atomic E-state index is 12.4. The van der Waals surface area contributed by atoms with Gasteiger partial charge in [-0.05, 0) is 43.7 Å². The highest BCUT2D eigenvalue weighted by Gasteiger charge is 2.53. The molecule has 3 rings (SSSR count). The van der Waals surface area contributed by atoms with Crippen molar-refractivity contribution in [3.8, 4) is 0 Å². The summed E-state index contributed by atoms with van der Waals surface area (Å²) in [4.78, 5) is 19.1. The fraction of sp³-hybridized carbons (Fsp3) is 0.455. The largest absolute Gasteiger partial charge is 0.467 e. The van der Waals surface area contributed by atoms with Crippen molar-refractivity contribution in [1.82, 2.24) is 15.5 Å². The summed E-state index contributed by atoms with van der Waals surface area (Å²) in [6.45, 7) is 11.0. The number of benzene rings is 1. The highest BCUT2D eigenvalue weighted by molar-refractivity contribution is 14.0. The Balaban J connectivity index is 0.00000300. The molecule has 2 aromatic rings. The molecule has 2 heterocycles. The molecule has 1 fully saturated rings. The molecule has 2 N–H and O–H groups in total. The summed E-state index contributed by atoms with van der Waals surface area (Å²) in [5.74, 6) is 1.50. The van der Waals surface area contributed by atoms with Gasteiger partial charge in [-0.2, -0.15) is 0 Å². The standard InChI is InChI=1S/C22H30N4O2.HI/c1-21(2)15-26(22(21,3)4)20(23-5)25-13-16-8-6-9-17(12-16)19(27)24-14-18-10-7-11-28-18;/h6-12H,13-15H2,1-5H3,(H,23,25)(H,24,27);1H. The van der Waals surface area contributed by atoms with Gasteiger partial charge in [0.05, 0.1) is 12.8 Å². The van der Waals surface area contributed by atoms with Crippen molar-refractivity contribution in [2.45, 2.75) is 46.3 Å². The van der Waals surface area contributed by atoms with Crippen LogP contribution in [0.25, 0.3) is 0 Å². The van der Waals surface area contributed by atoms with Crippen LogP contribution < -0.4 is 10.6 Å². The third kappa shape index (κ3) is 4.94. The molecule has 0 bridgehead atoms. The SMILES string of the molecule is CN=C(NCc1cccc(C(=O)NCc2ccco2)c1)N1CC(C)(C)C1(C)C.I. The van der Waals surface area contributed by atoms with Crippen molar-refractivity contribution in [2.75, 3.05) is 13.6 Å². The molecule has 0 atom stereocenters. The second kappa shape index (κ2) is 9.19. The van der Waals surface area contributed by atoms with Crippen molar-refractivity contribution < 1.29 is 9.21 Å². The Morgan fingerprint density at radius 3 is 2.48 bits per heavy atom. The zero-order chi connectivity index (χ0) is 20.4. The Morgan fingerprint density at radius 1 is 1.14 bits per heavy atom. The maximum Gasteiger partial charge on any atom is 0.251 e. The minimum absolute atomic E-state index is 0. The number of carbonyl (C=O) groups is 1. The summed E-state index contributed by atoms with van der Waals surface area (Å²) in [5, 5.41) is 6.31. The van der Waals surface area contributed by atoms with Crippen LogP contribution in [-0.2, 0) is 13.1 Å². The minimum atomic E-state index is -0.117. The number of nitrogens with one attached hydrogen (secondary N) is 2. The van der Waals surface area contributed by atoms with Gasteiger partial charge >= 0.3 is 0 Å². The van der Waals surface area contributed by atoms with Gasteiger partial charge in [-0.3, -0.25) is 9.79 Å². The predicted molar refractivity (Wildman–Crippen MR) is 126 cm³/mol. The second-order valence-corrected chi connectivity index (χ2v) is 8.39. The average molecular weight is 510 g/mol. The van der Waals surface area contributed by atoms with Crippen molar-refractivity contribution in [1.29, 1.82) is 0 Å². The van der Waals surface area contributed by atoms with Crippen LogP contribution in [0.15, 0.2) is 52.1 Å². The lowest BCUT2D eigenvalue weighted by Gasteiger charge is -2.62. The van der Waals surface area contributed by atoms with Crippen LogP contribution >= 0.6 is 24.0 Å². The van der Waals surface area contributed by atoms with E-state index in [-0.39, 0.29) is 40.8 Å². The molecule has 0 saturated carbocycles. The maximum atomic E-state index is 12.4. The summed E-state index contributed by atoms with van der Waals surface area (Å²) >= 11 is 0. The number of likely N-dealkylation sites (tertiary alicyclic amines) is 1. The molecule has 29 heavy (non-hydrogen) atoms. The van der Waals surface area contributed by atoms with E-state index in [0.29, 0.717) is 18.7 Å². The molecule has 1 aliphatic heterocycles. The Hall–Kier alpha value is -2.03. The Morgan fingerprint density at radius 2 is 1.90 bits per heavy atom. The van der Waals surface area contributed by atoms with E-state index in [4.69, 9.17) is 4.42 Å². The smallest absolute Gasteiger partial charge is 0.251 e. The molecule has 0 aliphatic carbocycles. The molecule has 7 heteroatoms. The van der Waals surface area contributed by atoms with E-state index in [1.165, 1.54) is 0 Å². The van der Waals surface area contributed by atoms with Crippen molar-refractivity contribution in [3.63, 3.8) is 0 Å². The number of guanidine groups is 1. The molecule has 0 unspecified atom stereocenters. The number of aliphatic imine (C=N–C) groups is 1. The molecule has 1 saturated heterocycles. The van der Waals surface area contributed by atoms with Crippen LogP contribution in [0.1, 0.15) is 49.4 Å². The lowest BCUT2D eigenvalue weighted by molar-refractivity contribution is -0.0667. The van der Waals surface area contributed by atoms with E-state index in [1.807, 2.05) is 37.4 Å². The van der Waals surface area contributed by atoms with Gasteiger partial charge in [0.2, 0.25) is 0 Å². The summed E-state index contributed by atoms with van der Waals surface area (Å²) in [6.07, 6.45) is 1.60. The topological polar surface area (TPSA) is 69.9 Å². The number of rotatable bonds is 5. The molecule has 1 aromatic carbocycles. The van der Waals surface area contributed by atoms with Gasteiger partial charge in [0.25, 0.3) is 5.91 Å². The zero-order valence-electron chi connectivity index (χ0n) is 17.8. The van der Waals surface area contributed by atoms with Crippen LogP contribution in [0.4, 0.5) is 0 Å². The van der Waals surface area contributed by atoms with Gasteiger partial charge in [0.1, 0.15) is 5.76 Å². The van der Waals surface area contributed by atoms with E-state index in [2.05, 4.69) is 48.2 Å². The monoisotopic (exact) mass is 510 g/mol. The molecule has 1 amide bonds. The highest BCUT2D eigenvalue weighted by atomic mass is 127. The van der Waals surface area contributed by atoms with Gasteiger partial charge in [0, 0.05) is 36.7 Å². The van der Waals surface area contributed by atoms with Gasteiger partial charge in [-0.1, -0.05) is 26.0 Å². The molecular formula is C22H31IN4O2. The van der Waals surface area contributed by atoms with E-state index in [0.717, 1.165) is 23.8 Å². The molecular weight excluding hydrogens is 479 g/mol. The van der Waals surface area contributed by atoms with Gasteiger partial charge in [-0.15, -0.1) is 24.0 Å². The van der Waals surface area contributed by atoms with Crippen LogP contribution in [0.5, 0.6) is 0 Å². The number of hydrogen-bond acceptors (Lipinski definition) is 3. The van der Waals surface area contributed by atoms with Crippen molar-refractivity contribution in [2.24, 2.45) is 10.4 Å². The zero-order valence-corrected chi connectivity index (χ0v) is 20.1. The van der Waals surface area contributed by atoms with E-state index in [9.17, 15) is 4.79 Å². The van der Waals surface area contributed by atoms with Crippen molar-refractivity contribution in [3.05, 3.63) is 59.5 Å². The lowest BCUT2D eigenvalue weighted by atomic mass is 9.65. The molecule has 1 aliphatic rings. The second-order valence-electron chi connectivity index (χ2n) is 8.39. The normalized spacial score (nSPS) is 17.1. The van der Waals surface area contributed by atoms with Gasteiger partial charge in [-0.25, -0.2) is 0 Å². The molecule has 0 radical (unpaired) electrons. The third-order valence-electron chi connectivity index (χ3n) is 5.99. The molecule has 6 nitrogen and oxygen atoms in total. The van der Waals surface area contributed by atoms with Crippen LogP contribution in [0.3, 0.4) is 0 Å². The molecule has 0 spiro atoms. The average Bonchev–Trinajstić information content (AvgIpc) is 3.19. The summed E-state index contributed by atoms with van der Waals surface area (Å²) in [6, 6.07) is 11.3. The van der Waals surface area contributed by atoms with E-state index in [1.54, 1.807) is 12.3 Å². The number of carbonyl (C=O) groups excluding carboxylic acids is 1. The summed E-state index contributed by atoms with van der Waals surface area (Å²) in [5.41, 5.74) is 1.95. The Kier molecular flexibility index (Phi) is 7.37. The third-order valence-corrected chi connectivity index (χ3v) is 5.99. The van der Waals surface area contributed by atoms with Gasteiger partial charge in [0.15, 0.2) is 5.96 Å². The number of nitrogens with zero attached hydrogens (tertiary/aromatic N) is 2. The van der Waals surface area contributed by atoms with E-state index >= 15 is 0 Å². The predicted octanol–water partition coefficient (Wildman–Crippen LogP) is 4.02. The fourth-order valence-electron chi connectivity index (χ4n) is 3.38. The number of furan rings is 1. The minimum Gasteiger partial charge on any atom is -0.467 e. The number of halogens is 1. The molecule has 1 aromatic heterocycles. The first kappa shape index (κ1) is 23.3. The number of amides is 1. The molecule has 158 valence electrons. The van der Waals surface area contributed by atoms with Crippen molar-refractivity contribution >= 4 is 35.8 Å². The first-order valence-corrected chi connectivity index (χ1v) is 9.62. The van der Waals surface area contributed by atoms with Crippen LogP contribution in [0, 0.1) is 5.41 Å². The quantitative estimate of drug-likeness (QED) is 0.362. The number of hydrogen-bond donors (Lipinski definition) is 2. The Bertz CT molecular complexity index is 859. The first-order valence-electron chi connectivity index (χ1n) is 9.62. The fourth-order valence-corrected chi connectivity index (χ4v) is 3.38. The summed E-state index contributed by atoms with van der Waals surface area (Å²) in [7, 11) is 1.81. The van der Waals surface area contributed by atoms with Gasteiger partial charge < -0.3 is 20.0 Å². The highest BCUT2D eigenvalue weighted by Crippen LogP contribution is 2.46. The Labute approximate surface area is 190 Å². The van der Waals surface area contributed by atoms with Crippen LogP contribution in [-0.4, -0.2) is 35.9 Å².